The molecule has 1 aromatic carbocycles. The van der Waals surface area contributed by atoms with Gasteiger partial charge in [-0.15, -0.1) is 0 Å². The highest BCUT2D eigenvalue weighted by atomic mass is 16.3. The molecule has 1 heterocycles. The number of fused-ring (bicyclic) bond motifs is 2. The van der Waals surface area contributed by atoms with Crippen LogP contribution in [0.15, 0.2) is 12.2 Å². The summed E-state index contributed by atoms with van der Waals surface area (Å²) >= 11 is 0. The van der Waals surface area contributed by atoms with Gasteiger partial charge < -0.3 is 10.2 Å². The van der Waals surface area contributed by atoms with E-state index in [1.54, 1.807) is 0 Å². The van der Waals surface area contributed by atoms with E-state index in [1.807, 2.05) is 13.8 Å². The average Bonchev–Trinajstić information content (AvgIpc) is 2.47. The van der Waals surface area contributed by atoms with Crippen LogP contribution in [0.4, 0.5) is 0 Å². The summed E-state index contributed by atoms with van der Waals surface area (Å²) in [7, 11) is 0. The summed E-state index contributed by atoms with van der Waals surface area (Å²) in [5.74, 6) is 0.771. The smallest absolute Gasteiger partial charge is 0.147 e. The maximum Gasteiger partial charge on any atom is 0.147 e. The fourth-order valence-corrected chi connectivity index (χ4v) is 3.50. The molecule has 0 fully saturated rings. The predicted octanol–water partition coefficient (Wildman–Crippen LogP) is 3.19. The fourth-order valence-electron chi connectivity index (χ4n) is 3.50. The summed E-state index contributed by atoms with van der Waals surface area (Å²) < 4.78 is 0. The van der Waals surface area contributed by atoms with Crippen molar-refractivity contribution in [3.63, 3.8) is 0 Å². The van der Waals surface area contributed by atoms with Gasteiger partial charge in [-0.3, -0.25) is 0 Å². The molecule has 0 amide bonds. The first-order chi connectivity index (χ1) is 9.58. The number of rotatable bonds is 0. The van der Waals surface area contributed by atoms with Crippen LogP contribution < -0.4 is 0 Å². The quantitative estimate of drug-likeness (QED) is 0.569. The van der Waals surface area contributed by atoms with Crippen molar-refractivity contribution < 1.29 is 10.2 Å². The Morgan fingerprint density at radius 1 is 0.850 bits per heavy atom. The third-order valence-corrected chi connectivity index (χ3v) is 4.66. The first-order valence-electron chi connectivity index (χ1n) is 6.99. The molecule has 4 nitrogen and oxygen atoms in total. The zero-order valence-corrected chi connectivity index (χ0v) is 11.5. The molecular weight excluding hydrogens is 252 g/mol. The maximum atomic E-state index is 10.6. The Morgan fingerprint density at radius 2 is 1.25 bits per heavy atom. The number of nitrogens with zero attached hydrogens (tertiary/aromatic N) is 2. The molecule has 3 aliphatic rings. The minimum Gasteiger partial charge on any atom is -0.505 e. The first kappa shape index (κ1) is 11.7. The Labute approximate surface area is 116 Å². The van der Waals surface area contributed by atoms with E-state index in [-0.39, 0.29) is 23.3 Å². The minimum atomic E-state index is 0.189. The van der Waals surface area contributed by atoms with E-state index < -0.39 is 0 Å². The van der Waals surface area contributed by atoms with Crippen molar-refractivity contribution in [2.75, 3.05) is 0 Å². The molecular formula is C16H16N2O2. The van der Waals surface area contributed by atoms with E-state index in [2.05, 4.69) is 22.1 Å². The van der Waals surface area contributed by atoms with E-state index in [0.29, 0.717) is 11.0 Å². The number of allylic oxidation sites excluding steroid dienone is 2. The van der Waals surface area contributed by atoms with E-state index >= 15 is 0 Å². The molecule has 0 radical (unpaired) electrons. The standard InChI is InChI=1S/C16H16N2O2/c1-7-8(2)18-14-13(17-7)15(19)11-9-3-5-10(6-4-9)12(11)16(14)20/h3,5,9-10,19-20H,4,6H2,1-2H3/t9-,10+. The lowest BCUT2D eigenvalue weighted by Crippen LogP contribution is -2.18. The predicted molar refractivity (Wildman–Crippen MR) is 76.2 cm³/mol. The monoisotopic (exact) mass is 268 g/mol. The summed E-state index contributed by atoms with van der Waals surface area (Å²) in [6, 6.07) is 0. The molecule has 2 atom stereocenters. The third kappa shape index (κ3) is 1.31. The van der Waals surface area contributed by atoms with Crippen molar-refractivity contribution in [1.82, 2.24) is 9.97 Å². The second-order valence-electron chi connectivity index (χ2n) is 5.79. The van der Waals surface area contributed by atoms with Crippen molar-refractivity contribution in [2.24, 2.45) is 0 Å². The van der Waals surface area contributed by atoms with Crippen LogP contribution in [-0.2, 0) is 0 Å². The molecule has 4 heteroatoms. The molecule has 20 heavy (non-hydrogen) atoms. The number of hydrogen-bond acceptors (Lipinski definition) is 4. The van der Waals surface area contributed by atoms with Gasteiger partial charge in [0, 0.05) is 23.0 Å². The van der Waals surface area contributed by atoms with Gasteiger partial charge in [0.2, 0.25) is 0 Å². The first-order valence-corrected chi connectivity index (χ1v) is 6.99. The molecule has 0 saturated carbocycles. The summed E-state index contributed by atoms with van der Waals surface area (Å²) in [5.41, 5.74) is 4.11. The average molecular weight is 268 g/mol. The van der Waals surface area contributed by atoms with Gasteiger partial charge in [-0.1, -0.05) is 12.2 Å². The molecule has 5 rings (SSSR count). The van der Waals surface area contributed by atoms with E-state index in [1.165, 1.54) is 0 Å². The van der Waals surface area contributed by atoms with E-state index in [9.17, 15) is 10.2 Å². The van der Waals surface area contributed by atoms with Crippen molar-refractivity contribution in [1.29, 1.82) is 0 Å². The number of aryl methyl sites for hydroxylation is 2. The Kier molecular flexibility index (Phi) is 2.18. The third-order valence-electron chi connectivity index (χ3n) is 4.66. The van der Waals surface area contributed by atoms with Crippen molar-refractivity contribution in [3.8, 4) is 11.5 Å². The molecule has 0 unspecified atom stereocenters. The van der Waals surface area contributed by atoms with E-state index in [0.717, 1.165) is 35.4 Å². The largest absolute Gasteiger partial charge is 0.505 e. The van der Waals surface area contributed by atoms with Gasteiger partial charge in [-0.2, -0.15) is 0 Å². The highest BCUT2D eigenvalue weighted by molar-refractivity contribution is 5.91. The molecule has 0 spiro atoms. The van der Waals surface area contributed by atoms with Crippen LogP contribution in [0.2, 0.25) is 0 Å². The topological polar surface area (TPSA) is 66.2 Å². The Morgan fingerprint density at radius 3 is 1.60 bits per heavy atom. The second-order valence-corrected chi connectivity index (χ2v) is 5.79. The van der Waals surface area contributed by atoms with Crippen molar-refractivity contribution in [3.05, 3.63) is 34.7 Å². The molecule has 3 aliphatic carbocycles. The lowest BCUT2D eigenvalue weighted by Gasteiger charge is -2.34. The highest BCUT2D eigenvalue weighted by Crippen LogP contribution is 2.54. The molecule has 1 aromatic heterocycles. The maximum absolute atomic E-state index is 10.6. The number of aromatic hydroxyl groups is 2. The van der Waals surface area contributed by atoms with Crippen LogP contribution in [0.25, 0.3) is 11.0 Å². The van der Waals surface area contributed by atoms with Gasteiger partial charge in [0.1, 0.15) is 22.5 Å². The van der Waals surface area contributed by atoms with Crippen LogP contribution in [0.1, 0.15) is 47.2 Å². The van der Waals surface area contributed by atoms with Gasteiger partial charge >= 0.3 is 0 Å². The van der Waals surface area contributed by atoms with Crippen LogP contribution in [0, 0.1) is 13.8 Å². The van der Waals surface area contributed by atoms with Gasteiger partial charge in [0.25, 0.3) is 0 Å². The van der Waals surface area contributed by atoms with Gasteiger partial charge in [-0.05, 0) is 26.7 Å². The van der Waals surface area contributed by atoms with Crippen LogP contribution in [0.3, 0.4) is 0 Å². The Balaban J connectivity index is 2.17. The lowest BCUT2D eigenvalue weighted by atomic mass is 9.70. The van der Waals surface area contributed by atoms with E-state index in [4.69, 9.17) is 0 Å². The number of phenols is 2. The second kappa shape index (κ2) is 3.72. The number of phenolic OH excluding ortho intramolecular Hbond substituents is 2. The summed E-state index contributed by atoms with van der Waals surface area (Å²) in [6.07, 6.45) is 6.31. The molecule has 0 saturated heterocycles. The molecule has 2 aromatic rings. The summed E-state index contributed by atoms with van der Waals surface area (Å²) in [5, 5.41) is 21.2. The SMILES string of the molecule is Cc1nc2c(O)c3c(c(O)c2nc1C)[C@H]1C=C[C@@H]3CC1. The van der Waals surface area contributed by atoms with Crippen molar-refractivity contribution in [2.45, 2.75) is 38.5 Å². The van der Waals surface area contributed by atoms with Crippen LogP contribution in [-0.4, -0.2) is 20.2 Å². The Bertz CT molecular complexity index is 716. The number of hydrogen-bond donors (Lipinski definition) is 2. The summed E-state index contributed by atoms with van der Waals surface area (Å²) in [6.45, 7) is 3.73. The lowest BCUT2D eigenvalue weighted by molar-refractivity contribution is 0.427. The highest BCUT2D eigenvalue weighted by Gasteiger charge is 2.36. The zero-order valence-electron chi connectivity index (χ0n) is 11.5. The zero-order chi connectivity index (χ0) is 14.0. The molecule has 2 N–H and O–H groups in total. The molecule has 0 aliphatic heterocycles. The number of benzene rings is 1. The normalized spacial score (nSPS) is 23.3. The van der Waals surface area contributed by atoms with Gasteiger partial charge in [-0.25, -0.2) is 9.97 Å². The van der Waals surface area contributed by atoms with Gasteiger partial charge in [0.15, 0.2) is 0 Å². The summed E-state index contributed by atoms with van der Waals surface area (Å²) in [4.78, 5) is 8.86. The van der Waals surface area contributed by atoms with Gasteiger partial charge in [0.05, 0.1) is 11.4 Å². The van der Waals surface area contributed by atoms with Crippen LogP contribution >= 0.6 is 0 Å². The fraction of sp³-hybridized carbons (Fsp3) is 0.375. The van der Waals surface area contributed by atoms with Crippen LogP contribution in [0.5, 0.6) is 11.5 Å². The number of aromatic nitrogens is 2. The Hall–Kier alpha value is -2.10. The van der Waals surface area contributed by atoms with Crippen molar-refractivity contribution >= 4 is 11.0 Å². The minimum absolute atomic E-state index is 0.189. The molecule has 2 bridgehead atoms. The molecule has 102 valence electrons.